The van der Waals surface area contributed by atoms with Crippen molar-refractivity contribution in [3.05, 3.63) is 41.4 Å². The van der Waals surface area contributed by atoms with E-state index in [4.69, 9.17) is 25.8 Å². The Hall–Kier alpha value is -2.65. The summed E-state index contributed by atoms with van der Waals surface area (Å²) in [5.41, 5.74) is 0.171. The Labute approximate surface area is 162 Å². The summed E-state index contributed by atoms with van der Waals surface area (Å²) in [4.78, 5) is 11.1. The van der Waals surface area contributed by atoms with Gasteiger partial charge in [0.25, 0.3) is 10.0 Å². The van der Waals surface area contributed by atoms with Crippen LogP contribution in [-0.2, 0) is 19.6 Å². The average molecular weight is 416 g/mol. The summed E-state index contributed by atoms with van der Waals surface area (Å²) in [5, 5.41) is 0.282. The molecule has 0 spiro atoms. The van der Waals surface area contributed by atoms with Gasteiger partial charge in [0.15, 0.2) is 6.61 Å². The van der Waals surface area contributed by atoms with Crippen molar-refractivity contribution in [3.8, 4) is 17.2 Å². The van der Waals surface area contributed by atoms with Crippen molar-refractivity contribution in [2.24, 2.45) is 0 Å². The average Bonchev–Trinajstić information content (AvgIpc) is 2.67. The molecular formula is C17H18ClNO7S. The lowest BCUT2D eigenvalue weighted by atomic mass is 10.3. The van der Waals surface area contributed by atoms with Crippen LogP contribution < -0.4 is 18.9 Å². The first-order chi connectivity index (χ1) is 12.8. The number of carbonyl (C=O) groups excluding carboxylic acids is 1. The van der Waals surface area contributed by atoms with Crippen LogP contribution in [0.3, 0.4) is 0 Å². The number of sulfonamides is 1. The number of hydrogen-bond acceptors (Lipinski definition) is 7. The van der Waals surface area contributed by atoms with Gasteiger partial charge in [0, 0.05) is 12.1 Å². The van der Waals surface area contributed by atoms with Crippen molar-refractivity contribution in [3.63, 3.8) is 0 Å². The van der Waals surface area contributed by atoms with Crippen LogP contribution in [0.1, 0.15) is 0 Å². The van der Waals surface area contributed by atoms with E-state index < -0.39 is 16.0 Å². The standard InChI is InChI=1S/C17H18ClNO7S/c1-23-15-9-14(16(24-2)8-13(15)18)19-27(21,22)12-6-4-11(5-7-12)26-10-17(20)25-3/h4-9,19H,10H2,1-3H3. The molecule has 27 heavy (non-hydrogen) atoms. The van der Waals surface area contributed by atoms with E-state index in [1.807, 2.05) is 0 Å². The quantitative estimate of drug-likeness (QED) is 0.661. The summed E-state index contributed by atoms with van der Waals surface area (Å²) in [6, 6.07) is 8.41. The van der Waals surface area contributed by atoms with Gasteiger partial charge < -0.3 is 18.9 Å². The molecule has 0 aliphatic heterocycles. The number of carbonyl (C=O) groups is 1. The van der Waals surface area contributed by atoms with Gasteiger partial charge in [-0.3, -0.25) is 4.72 Å². The molecule has 0 unspecified atom stereocenters. The maximum Gasteiger partial charge on any atom is 0.343 e. The molecule has 8 nitrogen and oxygen atoms in total. The van der Waals surface area contributed by atoms with Crippen LogP contribution in [0, 0.1) is 0 Å². The first kappa shape index (κ1) is 20.7. The monoisotopic (exact) mass is 415 g/mol. The molecule has 0 aliphatic rings. The minimum absolute atomic E-state index is 0.0103. The van der Waals surface area contributed by atoms with Crippen LogP contribution in [0.25, 0.3) is 0 Å². The normalized spacial score (nSPS) is 10.8. The zero-order valence-electron chi connectivity index (χ0n) is 14.8. The minimum Gasteiger partial charge on any atom is -0.495 e. The summed E-state index contributed by atoms with van der Waals surface area (Å²) in [7, 11) is 0.139. The van der Waals surface area contributed by atoms with Crippen molar-refractivity contribution in [2.75, 3.05) is 32.7 Å². The molecule has 0 aliphatic carbocycles. The Bertz CT molecular complexity index is 914. The molecule has 0 atom stereocenters. The van der Waals surface area contributed by atoms with E-state index in [0.717, 1.165) is 0 Å². The van der Waals surface area contributed by atoms with Gasteiger partial charge in [-0.2, -0.15) is 0 Å². The van der Waals surface area contributed by atoms with E-state index in [1.54, 1.807) is 0 Å². The van der Waals surface area contributed by atoms with Gasteiger partial charge in [-0.05, 0) is 24.3 Å². The topological polar surface area (TPSA) is 100 Å². The van der Waals surface area contributed by atoms with Crippen LogP contribution in [0.2, 0.25) is 5.02 Å². The second kappa shape index (κ2) is 8.83. The molecule has 0 aromatic heterocycles. The number of benzene rings is 2. The predicted molar refractivity (Wildman–Crippen MR) is 99.3 cm³/mol. The van der Waals surface area contributed by atoms with Crippen molar-refractivity contribution in [2.45, 2.75) is 4.90 Å². The highest BCUT2D eigenvalue weighted by molar-refractivity contribution is 7.92. The predicted octanol–water partition coefficient (Wildman–Crippen LogP) is 2.71. The highest BCUT2D eigenvalue weighted by atomic mass is 35.5. The molecule has 2 rings (SSSR count). The van der Waals surface area contributed by atoms with Crippen LogP contribution in [0.15, 0.2) is 41.3 Å². The van der Waals surface area contributed by atoms with E-state index in [9.17, 15) is 13.2 Å². The summed E-state index contributed by atoms with van der Waals surface area (Å²) in [5.74, 6) is 0.311. The third kappa shape index (κ3) is 5.18. The van der Waals surface area contributed by atoms with E-state index in [-0.39, 0.29) is 28.0 Å². The molecule has 2 aromatic rings. The van der Waals surface area contributed by atoms with E-state index >= 15 is 0 Å². The molecule has 10 heteroatoms. The van der Waals surface area contributed by atoms with Crippen LogP contribution in [-0.4, -0.2) is 42.3 Å². The number of halogens is 1. The summed E-state index contributed by atoms with van der Waals surface area (Å²) in [6.07, 6.45) is 0. The molecular weight excluding hydrogens is 398 g/mol. The number of anilines is 1. The van der Waals surface area contributed by atoms with Gasteiger partial charge in [0.2, 0.25) is 0 Å². The van der Waals surface area contributed by atoms with Crippen LogP contribution in [0.5, 0.6) is 17.2 Å². The summed E-state index contributed by atoms with van der Waals surface area (Å²) >= 11 is 6.02. The number of esters is 1. The molecule has 0 bridgehead atoms. The molecule has 0 saturated heterocycles. The smallest absolute Gasteiger partial charge is 0.343 e. The number of methoxy groups -OCH3 is 3. The van der Waals surface area contributed by atoms with Crippen LogP contribution >= 0.6 is 11.6 Å². The van der Waals surface area contributed by atoms with Gasteiger partial charge in [0.05, 0.1) is 36.9 Å². The molecule has 0 fully saturated rings. The fourth-order valence-electron chi connectivity index (χ4n) is 2.06. The Balaban J connectivity index is 2.23. The van der Waals surface area contributed by atoms with E-state index in [1.165, 1.54) is 57.7 Å². The highest BCUT2D eigenvalue weighted by Crippen LogP contribution is 2.37. The number of nitrogens with one attached hydrogen (secondary N) is 1. The number of hydrogen-bond donors (Lipinski definition) is 1. The Morgan fingerprint density at radius 1 is 1.04 bits per heavy atom. The van der Waals surface area contributed by atoms with E-state index in [2.05, 4.69) is 9.46 Å². The molecule has 0 heterocycles. The minimum atomic E-state index is -3.91. The van der Waals surface area contributed by atoms with Gasteiger partial charge >= 0.3 is 5.97 Å². The Morgan fingerprint density at radius 2 is 1.67 bits per heavy atom. The van der Waals surface area contributed by atoms with E-state index in [0.29, 0.717) is 11.5 Å². The first-order valence-corrected chi connectivity index (χ1v) is 9.41. The number of rotatable bonds is 8. The molecule has 1 N–H and O–H groups in total. The Morgan fingerprint density at radius 3 is 2.22 bits per heavy atom. The van der Waals surface area contributed by atoms with Crippen LogP contribution in [0.4, 0.5) is 5.69 Å². The van der Waals surface area contributed by atoms with Gasteiger partial charge in [-0.15, -0.1) is 0 Å². The number of ether oxygens (including phenoxy) is 4. The summed E-state index contributed by atoms with van der Waals surface area (Å²) in [6.45, 7) is -0.275. The lowest BCUT2D eigenvalue weighted by Crippen LogP contribution is -2.14. The van der Waals surface area contributed by atoms with Crippen molar-refractivity contribution in [1.82, 2.24) is 0 Å². The molecule has 0 saturated carbocycles. The third-order valence-corrected chi connectivity index (χ3v) is 5.11. The van der Waals surface area contributed by atoms with Gasteiger partial charge in [-0.1, -0.05) is 11.6 Å². The largest absolute Gasteiger partial charge is 0.495 e. The van der Waals surface area contributed by atoms with Crippen molar-refractivity contribution in [1.29, 1.82) is 0 Å². The zero-order chi connectivity index (χ0) is 20.0. The Kier molecular flexibility index (Phi) is 6.75. The fraction of sp³-hybridized carbons (Fsp3) is 0.235. The van der Waals surface area contributed by atoms with Gasteiger partial charge in [-0.25, -0.2) is 13.2 Å². The van der Waals surface area contributed by atoms with Gasteiger partial charge in [0.1, 0.15) is 17.2 Å². The van der Waals surface area contributed by atoms with Crippen molar-refractivity contribution >= 4 is 33.3 Å². The maximum absolute atomic E-state index is 12.6. The molecule has 2 aromatic carbocycles. The second-order valence-electron chi connectivity index (χ2n) is 5.13. The maximum atomic E-state index is 12.6. The second-order valence-corrected chi connectivity index (χ2v) is 7.22. The van der Waals surface area contributed by atoms with Crippen molar-refractivity contribution < 1.29 is 32.2 Å². The zero-order valence-corrected chi connectivity index (χ0v) is 16.4. The first-order valence-electron chi connectivity index (χ1n) is 7.54. The lowest BCUT2D eigenvalue weighted by Gasteiger charge is -2.14. The molecule has 0 radical (unpaired) electrons. The highest BCUT2D eigenvalue weighted by Gasteiger charge is 2.19. The fourth-order valence-corrected chi connectivity index (χ4v) is 3.35. The lowest BCUT2D eigenvalue weighted by molar-refractivity contribution is -0.142. The summed E-state index contributed by atoms with van der Waals surface area (Å²) < 4.78 is 47.6. The third-order valence-electron chi connectivity index (χ3n) is 3.44. The molecule has 146 valence electrons. The SMILES string of the molecule is COC(=O)COc1ccc(S(=O)(=O)Nc2cc(OC)c(Cl)cc2OC)cc1. The molecule has 0 amide bonds.